The number of nitrogens with one attached hydrogen (secondary N) is 1. The lowest BCUT2D eigenvalue weighted by Gasteiger charge is -2.06. The van der Waals surface area contributed by atoms with E-state index in [0.717, 1.165) is 15.6 Å². The summed E-state index contributed by atoms with van der Waals surface area (Å²) in [6.45, 7) is 0.0634. The number of amides is 1. The van der Waals surface area contributed by atoms with Crippen molar-refractivity contribution in [2.45, 2.75) is 6.54 Å². The van der Waals surface area contributed by atoms with Crippen LogP contribution in [-0.2, 0) is 20.9 Å². The second kappa shape index (κ2) is 9.64. The number of hydrogen-bond donors (Lipinski definition) is 1. The Kier molecular flexibility index (Phi) is 7.22. The van der Waals surface area contributed by atoms with Crippen LogP contribution in [0.2, 0.25) is 0 Å². The maximum Gasteiger partial charge on any atom is 0.331 e. The van der Waals surface area contributed by atoms with Crippen molar-refractivity contribution >= 4 is 33.9 Å². The molecule has 0 saturated carbocycles. The van der Waals surface area contributed by atoms with E-state index < -0.39 is 5.97 Å². The quantitative estimate of drug-likeness (QED) is 0.568. The molecule has 0 fully saturated rings. The summed E-state index contributed by atoms with van der Waals surface area (Å²) in [5.74, 6) is -0.324. The summed E-state index contributed by atoms with van der Waals surface area (Å²) in [6.07, 6.45) is 2.84. The van der Waals surface area contributed by atoms with Gasteiger partial charge in [-0.15, -0.1) is 0 Å². The molecule has 2 aromatic rings. The maximum absolute atomic E-state index is 11.7. The number of carbonyl (C=O) groups excluding carboxylic acids is 2. The number of hydrogen-bond acceptors (Lipinski definition) is 4. The van der Waals surface area contributed by atoms with Crippen molar-refractivity contribution in [1.29, 1.82) is 0 Å². The summed E-state index contributed by atoms with van der Waals surface area (Å²) in [5.41, 5.74) is 1.70. The van der Waals surface area contributed by atoms with Crippen molar-refractivity contribution in [2.24, 2.45) is 0 Å². The van der Waals surface area contributed by atoms with Crippen LogP contribution in [0.15, 0.2) is 59.1 Å². The first-order chi connectivity index (χ1) is 12.1. The second-order valence-electron chi connectivity index (χ2n) is 5.09. The van der Waals surface area contributed by atoms with E-state index in [1.165, 1.54) is 6.08 Å². The topological polar surface area (TPSA) is 64.6 Å². The zero-order valence-corrected chi connectivity index (χ0v) is 15.3. The normalized spacial score (nSPS) is 10.5. The highest BCUT2D eigenvalue weighted by molar-refractivity contribution is 9.10. The molecular weight excluding hydrogens is 386 g/mol. The van der Waals surface area contributed by atoms with Gasteiger partial charge in [-0.3, -0.25) is 4.79 Å². The van der Waals surface area contributed by atoms with Gasteiger partial charge in [0.2, 0.25) is 0 Å². The summed E-state index contributed by atoms with van der Waals surface area (Å²) in [6, 6.07) is 14.9. The van der Waals surface area contributed by atoms with Crippen LogP contribution < -0.4 is 10.1 Å². The van der Waals surface area contributed by atoms with Crippen molar-refractivity contribution in [1.82, 2.24) is 5.32 Å². The number of halogens is 1. The minimum absolute atomic E-state index is 0.328. The molecule has 0 heterocycles. The molecule has 6 heteroatoms. The molecule has 0 bridgehead atoms. The number of rotatable bonds is 7. The van der Waals surface area contributed by atoms with Crippen LogP contribution in [0.4, 0.5) is 0 Å². The summed E-state index contributed by atoms with van der Waals surface area (Å²) in [5, 5.41) is 2.69. The Hall–Kier alpha value is -2.60. The predicted molar refractivity (Wildman–Crippen MR) is 99.0 cm³/mol. The van der Waals surface area contributed by atoms with Crippen molar-refractivity contribution in [3.8, 4) is 5.75 Å². The van der Waals surface area contributed by atoms with E-state index in [2.05, 4.69) is 21.2 Å². The van der Waals surface area contributed by atoms with Crippen molar-refractivity contribution < 1.29 is 19.1 Å². The molecule has 0 radical (unpaired) electrons. The second-order valence-corrected chi connectivity index (χ2v) is 6.01. The van der Waals surface area contributed by atoms with Crippen LogP contribution in [0.1, 0.15) is 11.1 Å². The molecule has 0 atom stereocenters. The van der Waals surface area contributed by atoms with E-state index in [-0.39, 0.29) is 12.5 Å². The highest BCUT2D eigenvalue weighted by Gasteiger charge is 2.06. The molecule has 2 aromatic carbocycles. The number of methoxy groups -OCH3 is 1. The highest BCUT2D eigenvalue weighted by atomic mass is 79.9. The average Bonchev–Trinajstić information content (AvgIpc) is 2.64. The van der Waals surface area contributed by atoms with E-state index in [4.69, 9.17) is 9.47 Å². The molecule has 2 rings (SSSR count). The van der Waals surface area contributed by atoms with Gasteiger partial charge in [-0.25, -0.2) is 4.79 Å². The van der Waals surface area contributed by atoms with Gasteiger partial charge in [0, 0.05) is 22.7 Å². The standard InChI is InChI=1S/C19H18BrNO4/c1-24-17-9-8-16(20)11-15(17)7-10-19(23)25-13-18(22)21-12-14-5-3-2-4-6-14/h2-11H,12-13H2,1H3,(H,21,22)/b10-7+. The van der Waals surface area contributed by atoms with Crippen LogP contribution in [0.25, 0.3) is 6.08 Å². The smallest absolute Gasteiger partial charge is 0.331 e. The Balaban J connectivity index is 1.80. The fourth-order valence-electron chi connectivity index (χ4n) is 2.03. The first kappa shape index (κ1) is 18.7. The van der Waals surface area contributed by atoms with Gasteiger partial charge < -0.3 is 14.8 Å². The Morgan fingerprint density at radius 2 is 1.92 bits per heavy atom. The third-order valence-electron chi connectivity index (χ3n) is 3.27. The summed E-state index contributed by atoms with van der Waals surface area (Å²) < 4.78 is 11.0. The first-order valence-electron chi connectivity index (χ1n) is 7.57. The molecule has 0 unspecified atom stereocenters. The van der Waals surface area contributed by atoms with Gasteiger partial charge >= 0.3 is 5.97 Å². The molecule has 1 amide bonds. The fourth-order valence-corrected chi connectivity index (χ4v) is 2.40. The fraction of sp³-hybridized carbons (Fsp3) is 0.158. The van der Waals surface area contributed by atoms with Gasteiger partial charge in [0.15, 0.2) is 6.61 Å². The monoisotopic (exact) mass is 403 g/mol. The molecular formula is C19H18BrNO4. The van der Waals surface area contributed by atoms with E-state index in [9.17, 15) is 9.59 Å². The third kappa shape index (κ3) is 6.43. The van der Waals surface area contributed by atoms with Gasteiger partial charge in [0.05, 0.1) is 7.11 Å². The Labute approximate surface area is 154 Å². The van der Waals surface area contributed by atoms with Gasteiger partial charge in [0.25, 0.3) is 5.91 Å². The van der Waals surface area contributed by atoms with Crippen LogP contribution in [0.5, 0.6) is 5.75 Å². The minimum atomic E-state index is -0.600. The Morgan fingerprint density at radius 3 is 2.64 bits per heavy atom. The van der Waals surface area contributed by atoms with Gasteiger partial charge in [-0.05, 0) is 29.8 Å². The molecule has 0 saturated heterocycles. The lowest BCUT2D eigenvalue weighted by atomic mass is 10.2. The average molecular weight is 404 g/mol. The van der Waals surface area contributed by atoms with E-state index in [0.29, 0.717) is 12.3 Å². The molecule has 130 valence electrons. The molecule has 0 aliphatic heterocycles. The van der Waals surface area contributed by atoms with Gasteiger partial charge in [-0.2, -0.15) is 0 Å². The molecule has 0 aromatic heterocycles. The summed E-state index contributed by atoms with van der Waals surface area (Å²) in [7, 11) is 1.55. The van der Waals surface area contributed by atoms with Gasteiger partial charge in [-0.1, -0.05) is 46.3 Å². The maximum atomic E-state index is 11.7. The van der Waals surface area contributed by atoms with E-state index >= 15 is 0 Å². The van der Waals surface area contributed by atoms with Gasteiger partial charge in [0.1, 0.15) is 5.75 Å². The zero-order chi connectivity index (χ0) is 18.1. The lowest BCUT2D eigenvalue weighted by molar-refractivity contribution is -0.143. The Morgan fingerprint density at radius 1 is 1.16 bits per heavy atom. The molecule has 25 heavy (non-hydrogen) atoms. The van der Waals surface area contributed by atoms with Crippen molar-refractivity contribution in [3.05, 3.63) is 70.2 Å². The number of benzene rings is 2. The minimum Gasteiger partial charge on any atom is -0.496 e. The number of ether oxygens (including phenoxy) is 2. The molecule has 1 N–H and O–H groups in total. The molecule has 5 nitrogen and oxygen atoms in total. The van der Waals surface area contributed by atoms with Crippen molar-refractivity contribution in [3.63, 3.8) is 0 Å². The highest BCUT2D eigenvalue weighted by Crippen LogP contribution is 2.24. The number of carbonyl (C=O) groups is 2. The first-order valence-corrected chi connectivity index (χ1v) is 8.37. The van der Waals surface area contributed by atoms with E-state index in [1.807, 2.05) is 42.5 Å². The molecule has 0 spiro atoms. The SMILES string of the molecule is COc1ccc(Br)cc1/C=C/C(=O)OCC(=O)NCc1ccccc1. The Bertz CT molecular complexity index is 759. The van der Waals surface area contributed by atoms with E-state index in [1.54, 1.807) is 19.3 Å². The lowest BCUT2D eigenvalue weighted by Crippen LogP contribution is -2.28. The predicted octanol–water partition coefficient (Wildman–Crippen LogP) is 3.33. The zero-order valence-electron chi connectivity index (χ0n) is 13.7. The summed E-state index contributed by atoms with van der Waals surface area (Å²) in [4.78, 5) is 23.4. The molecule has 0 aliphatic rings. The van der Waals surface area contributed by atoms with Crippen LogP contribution in [0, 0.1) is 0 Å². The van der Waals surface area contributed by atoms with Crippen LogP contribution in [0.3, 0.4) is 0 Å². The van der Waals surface area contributed by atoms with Crippen molar-refractivity contribution in [2.75, 3.05) is 13.7 Å². The third-order valence-corrected chi connectivity index (χ3v) is 3.76. The summed E-state index contributed by atoms with van der Waals surface area (Å²) >= 11 is 3.36. The van der Waals surface area contributed by atoms with Crippen LogP contribution >= 0.6 is 15.9 Å². The van der Waals surface area contributed by atoms with Crippen LogP contribution in [-0.4, -0.2) is 25.6 Å². The largest absolute Gasteiger partial charge is 0.496 e. The number of esters is 1. The molecule has 0 aliphatic carbocycles.